The monoisotopic (exact) mass is 849 g/mol. The molecule has 6 nitrogen and oxygen atoms in total. The molecule has 358 valence electrons. The van der Waals surface area contributed by atoms with Crippen molar-refractivity contribution < 1.29 is 19.1 Å². The minimum absolute atomic E-state index is 0.108. The molecule has 0 heterocycles. The number of amides is 2. The van der Waals surface area contributed by atoms with Gasteiger partial charge in [0.15, 0.2) is 0 Å². The van der Waals surface area contributed by atoms with Crippen LogP contribution in [0.15, 0.2) is 0 Å². The standard InChI is InChI=1S/C54H108N2O4/c1-5-9-13-17-21-25-29-33-37-41-45-55(46-42-38-34-30-26-22-18-14-10-6-2)53(57)51-59-49-50-60-52-54(58)56(47-43-39-35-31-27-23-19-15-11-7-3)48-44-40-36-32-28-24-20-16-12-8-4/h5-52H2,1-4H3. The smallest absolute Gasteiger partial charge is 0.248 e. The molecule has 0 aromatic rings. The molecule has 6 heteroatoms. The van der Waals surface area contributed by atoms with Crippen molar-refractivity contribution in [3.63, 3.8) is 0 Å². The van der Waals surface area contributed by atoms with Crippen LogP contribution in [0.3, 0.4) is 0 Å². The number of carbonyl (C=O) groups is 2. The van der Waals surface area contributed by atoms with Gasteiger partial charge in [-0.05, 0) is 25.7 Å². The van der Waals surface area contributed by atoms with E-state index in [2.05, 4.69) is 37.5 Å². The molecule has 0 atom stereocenters. The Morgan fingerprint density at radius 2 is 0.433 bits per heavy atom. The van der Waals surface area contributed by atoms with E-state index in [0.717, 1.165) is 51.9 Å². The highest BCUT2D eigenvalue weighted by Gasteiger charge is 2.15. The lowest BCUT2D eigenvalue weighted by Gasteiger charge is -2.23. The Morgan fingerprint density at radius 1 is 0.267 bits per heavy atom. The molecular formula is C54H108N2O4. The van der Waals surface area contributed by atoms with Crippen LogP contribution >= 0.6 is 0 Å². The minimum atomic E-state index is 0.108. The van der Waals surface area contributed by atoms with Crippen molar-refractivity contribution in [2.45, 2.75) is 285 Å². The van der Waals surface area contributed by atoms with Crippen LogP contribution in [0.25, 0.3) is 0 Å². The van der Waals surface area contributed by atoms with Gasteiger partial charge in [-0.1, -0.05) is 259 Å². The van der Waals surface area contributed by atoms with Crippen molar-refractivity contribution >= 4 is 11.8 Å². The predicted octanol–water partition coefficient (Wildman–Crippen LogP) is 16.4. The maximum Gasteiger partial charge on any atom is 0.248 e. The van der Waals surface area contributed by atoms with Gasteiger partial charge in [0.1, 0.15) is 13.2 Å². The molecule has 0 aromatic carbocycles. The molecule has 0 unspecified atom stereocenters. The third kappa shape index (κ3) is 43.5. The summed E-state index contributed by atoms with van der Waals surface area (Å²) in [5, 5.41) is 0. The lowest BCUT2D eigenvalue weighted by Crippen LogP contribution is -2.37. The topological polar surface area (TPSA) is 59.1 Å². The highest BCUT2D eigenvalue weighted by molar-refractivity contribution is 5.77. The second kappa shape index (κ2) is 50.5. The molecule has 0 bridgehead atoms. The van der Waals surface area contributed by atoms with Gasteiger partial charge in [-0.15, -0.1) is 0 Å². The largest absolute Gasteiger partial charge is 0.369 e. The van der Waals surface area contributed by atoms with Gasteiger partial charge in [0, 0.05) is 26.2 Å². The fraction of sp³-hybridized carbons (Fsp3) is 0.963. The number of ether oxygens (including phenoxy) is 2. The van der Waals surface area contributed by atoms with E-state index in [9.17, 15) is 9.59 Å². The van der Waals surface area contributed by atoms with Crippen molar-refractivity contribution in [1.82, 2.24) is 9.80 Å². The molecule has 0 radical (unpaired) electrons. The molecule has 0 spiro atoms. The summed E-state index contributed by atoms with van der Waals surface area (Å²) in [7, 11) is 0. The molecule has 0 aliphatic rings. The highest BCUT2D eigenvalue weighted by atomic mass is 16.5. The molecular weight excluding hydrogens is 741 g/mol. The Morgan fingerprint density at radius 3 is 0.617 bits per heavy atom. The summed E-state index contributed by atoms with van der Waals surface area (Å²) >= 11 is 0. The molecule has 0 aliphatic carbocycles. The SMILES string of the molecule is CCCCCCCCCCCCN(CCCCCCCCCCCC)C(=O)COCCOCC(=O)N(CCCCCCCCCCCC)CCCCCCCCCCCC. The number of carbonyl (C=O) groups excluding carboxylic acids is 2. The lowest BCUT2D eigenvalue weighted by molar-refractivity contribution is -0.140. The number of unbranched alkanes of at least 4 members (excludes halogenated alkanes) is 36. The zero-order valence-corrected chi connectivity index (χ0v) is 41.5. The van der Waals surface area contributed by atoms with E-state index in [1.54, 1.807) is 0 Å². The summed E-state index contributed by atoms with van der Waals surface area (Å²) < 4.78 is 11.7. The van der Waals surface area contributed by atoms with Crippen LogP contribution in [0.1, 0.15) is 285 Å². The second-order valence-electron chi connectivity index (χ2n) is 18.6. The van der Waals surface area contributed by atoms with Gasteiger partial charge in [0.25, 0.3) is 0 Å². The van der Waals surface area contributed by atoms with Crippen molar-refractivity contribution in [2.75, 3.05) is 52.6 Å². The Balaban J connectivity index is 4.63. The molecule has 0 saturated heterocycles. The molecule has 0 N–H and O–H groups in total. The van der Waals surface area contributed by atoms with Crippen molar-refractivity contribution in [3.8, 4) is 0 Å². The molecule has 0 aliphatic heterocycles. The van der Waals surface area contributed by atoms with E-state index < -0.39 is 0 Å². The van der Waals surface area contributed by atoms with Crippen LogP contribution in [0.5, 0.6) is 0 Å². The van der Waals surface area contributed by atoms with E-state index in [0.29, 0.717) is 13.2 Å². The maximum atomic E-state index is 13.3. The molecule has 0 aromatic heterocycles. The Kier molecular flexibility index (Phi) is 49.5. The fourth-order valence-corrected chi connectivity index (χ4v) is 8.50. The number of hydrogen-bond acceptors (Lipinski definition) is 4. The van der Waals surface area contributed by atoms with Gasteiger partial charge in [-0.2, -0.15) is 0 Å². The second-order valence-corrected chi connectivity index (χ2v) is 18.6. The summed E-state index contributed by atoms with van der Waals surface area (Å²) in [6.07, 6.45) is 52.2. The van der Waals surface area contributed by atoms with E-state index in [1.807, 2.05) is 0 Å². The minimum Gasteiger partial charge on any atom is -0.369 e. The molecule has 2 amide bonds. The van der Waals surface area contributed by atoms with E-state index in [4.69, 9.17) is 9.47 Å². The first-order valence-corrected chi connectivity index (χ1v) is 27.3. The van der Waals surface area contributed by atoms with Crippen LogP contribution < -0.4 is 0 Å². The molecule has 0 rings (SSSR count). The summed E-state index contributed by atoms with van der Waals surface area (Å²) in [4.78, 5) is 30.8. The van der Waals surface area contributed by atoms with Gasteiger partial charge >= 0.3 is 0 Å². The fourth-order valence-electron chi connectivity index (χ4n) is 8.50. The highest BCUT2D eigenvalue weighted by Crippen LogP contribution is 2.15. The third-order valence-electron chi connectivity index (χ3n) is 12.7. The summed E-state index contributed by atoms with van der Waals surface area (Å²) in [5.74, 6) is 0.217. The van der Waals surface area contributed by atoms with Crippen LogP contribution in [-0.2, 0) is 19.1 Å². The zero-order chi connectivity index (χ0) is 43.7. The summed E-state index contributed by atoms with van der Waals surface area (Å²) in [6, 6.07) is 0. The van der Waals surface area contributed by atoms with Crippen molar-refractivity contribution in [2.24, 2.45) is 0 Å². The van der Waals surface area contributed by atoms with Crippen molar-refractivity contribution in [1.29, 1.82) is 0 Å². The zero-order valence-electron chi connectivity index (χ0n) is 41.5. The maximum absolute atomic E-state index is 13.3. The van der Waals surface area contributed by atoms with Crippen LogP contribution in [-0.4, -0.2) is 74.2 Å². The average molecular weight is 849 g/mol. The number of hydrogen-bond donors (Lipinski definition) is 0. The van der Waals surface area contributed by atoms with Crippen LogP contribution in [0.4, 0.5) is 0 Å². The van der Waals surface area contributed by atoms with Gasteiger partial charge in [-0.25, -0.2) is 0 Å². The number of nitrogens with zero attached hydrogens (tertiary/aromatic N) is 2. The first-order valence-electron chi connectivity index (χ1n) is 27.3. The van der Waals surface area contributed by atoms with Crippen LogP contribution in [0.2, 0.25) is 0 Å². The lowest BCUT2D eigenvalue weighted by atomic mass is 10.1. The Hall–Kier alpha value is -1.14. The third-order valence-corrected chi connectivity index (χ3v) is 12.7. The summed E-state index contributed by atoms with van der Waals surface area (Å²) in [5.41, 5.74) is 0. The molecule has 60 heavy (non-hydrogen) atoms. The van der Waals surface area contributed by atoms with Gasteiger partial charge in [0.05, 0.1) is 13.2 Å². The normalized spacial score (nSPS) is 11.5. The number of rotatable bonds is 51. The van der Waals surface area contributed by atoms with Crippen LogP contribution in [0, 0.1) is 0 Å². The van der Waals surface area contributed by atoms with Crippen molar-refractivity contribution in [3.05, 3.63) is 0 Å². The molecule has 0 fully saturated rings. The molecule has 0 saturated carbocycles. The van der Waals surface area contributed by atoms with E-state index in [-0.39, 0.29) is 25.0 Å². The first-order chi connectivity index (χ1) is 29.6. The van der Waals surface area contributed by atoms with Gasteiger partial charge < -0.3 is 19.3 Å². The predicted molar refractivity (Wildman–Crippen MR) is 262 cm³/mol. The van der Waals surface area contributed by atoms with E-state index >= 15 is 0 Å². The summed E-state index contributed by atoms with van der Waals surface area (Å²) in [6.45, 7) is 13.4. The Labute approximate surface area is 376 Å². The van der Waals surface area contributed by atoms with E-state index in [1.165, 1.54) is 231 Å². The van der Waals surface area contributed by atoms with Gasteiger partial charge in [0.2, 0.25) is 11.8 Å². The first kappa shape index (κ1) is 58.9. The quantitative estimate of drug-likeness (QED) is 0.0572. The average Bonchev–Trinajstić information content (AvgIpc) is 3.25. The Bertz CT molecular complexity index is 738. The van der Waals surface area contributed by atoms with Gasteiger partial charge in [-0.3, -0.25) is 9.59 Å².